The van der Waals surface area contributed by atoms with Gasteiger partial charge in [0.1, 0.15) is 5.82 Å². The Morgan fingerprint density at radius 2 is 1.58 bits per heavy atom. The van der Waals surface area contributed by atoms with Gasteiger partial charge in [-0.3, -0.25) is 4.79 Å². The van der Waals surface area contributed by atoms with E-state index in [1.807, 2.05) is 0 Å². The maximum Gasteiger partial charge on any atom is 0.222 e. The van der Waals surface area contributed by atoms with Crippen LogP contribution in [0.25, 0.3) is 0 Å². The fourth-order valence-corrected chi connectivity index (χ4v) is 2.21. The first-order chi connectivity index (χ1) is 11.6. The lowest BCUT2D eigenvalue weighted by Gasteiger charge is -2.06. The van der Waals surface area contributed by atoms with Crippen LogP contribution in [0.4, 0.5) is 10.3 Å². The second-order valence-electron chi connectivity index (χ2n) is 5.11. The SMILES string of the molecule is O=C(c1ccc(Cl)cc1)c1cnc(NCc2ccc(F)cc2)nc1. The van der Waals surface area contributed by atoms with Crippen LogP contribution in [0.3, 0.4) is 0 Å². The summed E-state index contributed by atoms with van der Waals surface area (Å²) in [5, 5.41) is 3.59. The maximum absolute atomic E-state index is 12.8. The zero-order valence-electron chi connectivity index (χ0n) is 12.5. The van der Waals surface area contributed by atoms with Crippen molar-refractivity contribution in [3.63, 3.8) is 0 Å². The summed E-state index contributed by atoms with van der Waals surface area (Å²) in [7, 11) is 0. The first-order valence-corrected chi connectivity index (χ1v) is 7.60. The van der Waals surface area contributed by atoms with Crippen LogP contribution in [0.1, 0.15) is 21.5 Å². The van der Waals surface area contributed by atoms with E-state index in [1.165, 1.54) is 24.5 Å². The predicted octanol–water partition coefficient (Wildman–Crippen LogP) is 4.11. The van der Waals surface area contributed by atoms with Gasteiger partial charge in [-0.2, -0.15) is 0 Å². The van der Waals surface area contributed by atoms with Gasteiger partial charge in [0, 0.05) is 29.5 Å². The number of halogens is 2. The topological polar surface area (TPSA) is 54.9 Å². The Morgan fingerprint density at radius 1 is 0.958 bits per heavy atom. The highest BCUT2D eigenvalue weighted by atomic mass is 35.5. The highest BCUT2D eigenvalue weighted by Gasteiger charge is 2.10. The van der Waals surface area contributed by atoms with Gasteiger partial charge in [0.05, 0.1) is 5.56 Å². The molecule has 24 heavy (non-hydrogen) atoms. The molecule has 6 heteroatoms. The Balaban J connectivity index is 1.65. The Hall–Kier alpha value is -2.79. The highest BCUT2D eigenvalue weighted by Crippen LogP contribution is 2.14. The molecule has 4 nitrogen and oxygen atoms in total. The van der Waals surface area contributed by atoms with Gasteiger partial charge in [-0.25, -0.2) is 14.4 Å². The highest BCUT2D eigenvalue weighted by molar-refractivity contribution is 6.30. The summed E-state index contributed by atoms with van der Waals surface area (Å²) in [4.78, 5) is 20.6. The Bertz CT molecular complexity index is 834. The molecule has 1 aromatic heterocycles. The van der Waals surface area contributed by atoms with Crippen LogP contribution < -0.4 is 5.32 Å². The molecular weight excluding hydrogens is 329 g/mol. The van der Waals surface area contributed by atoms with Crippen molar-refractivity contribution < 1.29 is 9.18 Å². The normalized spacial score (nSPS) is 10.4. The molecule has 1 N–H and O–H groups in total. The van der Waals surface area contributed by atoms with Crippen LogP contribution >= 0.6 is 11.6 Å². The lowest BCUT2D eigenvalue weighted by atomic mass is 10.1. The molecule has 0 fully saturated rings. The van der Waals surface area contributed by atoms with Crippen molar-refractivity contribution >= 4 is 23.3 Å². The molecule has 120 valence electrons. The van der Waals surface area contributed by atoms with E-state index in [2.05, 4.69) is 15.3 Å². The average molecular weight is 342 g/mol. The van der Waals surface area contributed by atoms with E-state index in [0.29, 0.717) is 28.6 Å². The van der Waals surface area contributed by atoms with Gasteiger partial charge in [-0.05, 0) is 42.0 Å². The minimum Gasteiger partial charge on any atom is -0.350 e. The number of anilines is 1. The maximum atomic E-state index is 12.8. The molecule has 0 bridgehead atoms. The Kier molecular flexibility index (Phi) is 4.82. The second kappa shape index (κ2) is 7.19. The molecule has 0 radical (unpaired) electrons. The summed E-state index contributed by atoms with van der Waals surface area (Å²) in [6, 6.07) is 12.8. The number of nitrogens with one attached hydrogen (secondary N) is 1. The number of nitrogens with zero attached hydrogens (tertiary/aromatic N) is 2. The van der Waals surface area contributed by atoms with Gasteiger partial charge in [0.15, 0.2) is 5.78 Å². The van der Waals surface area contributed by atoms with E-state index in [1.54, 1.807) is 36.4 Å². The number of hydrogen-bond donors (Lipinski definition) is 1. The van der Waals surface area contributed by atoms with E-state index in [0.717, 1.165) is 5.56 Å². The van der Waals surface area contributed by atoms with Crippen LogP contribution in [-0.4, -0.2) is 15.8 Å². The van der Waals surface area contributed by atoms with E-state index in [4.69, 9.17) is 11.6 Å². The quantitative estimate of drug-likeness (QED) is 0.709. The number of rotatable bonds is 5. The molecule has 0 aliphatic heterocycles. The Labute approximate surface area is 143 Å². The van der Waals surface area contributed by atoms with Gasteiger partial charge in [0.25, 0.3) is 0 Å². The minimum absolute atomic E-state index is 0.170. The fraction of sp³-hybridized carbons (Fsp3) is 0.0556. The molecule has 3 rings (SSSR count). The molecule has 1 heterocycles. The Morgan fingerprint density at radius 3 is 2.21 bits per heavy atom. The summed E-state index contributed by atoms with van der Waals surface area (Å²) in [5.41, 5.74) is 1.82. The van der Waals surface area contributed by atoms with Crippen molar-refractivity contribution in [2.24, 2.45) is 0 Å². The van der Waals surface area contributed by atoms with E-state index < -0.39 is 0 Å². The fourth-order valence-electron chi connectivity index (χ4n) is 2.09. The molecule has 0 saturated heterocycles. The number of carbonyl (C=O) groups is 1. The molecule has 2 aromatic carbocycles. The van der Waals surface area contributed by atoms with Gasteiger partial charge in [-0.1, -0.05) is 23.7 Å². The number of ketones is 1. The standard InChI is InChI=1S/C18H13ClFN3O/c19-15-5-3-13(4-6-15)17(24)14-10-22-18(23-11-14)21-9-12-1-7-16(20)8-2-12/h1-8,10-11H,9H2,(H,21,22,23). The van der Waals surface area contributed by atoms with Crippen molar-refractivity contribution in [1.82, 2.24) is 9.97 Å². The second-order valence-corrected chi connectivity index (χ2v) is 5.55. The molecule has 3 aromatic rings. The lowest BCUT2D eigenvalue weighted by molar-refractivity contribution is 0.103. The van der Waals surface area contributed by atoms with Crippen LogP contribution in [0.15, 0.2) is 60.9 Å². The molecule has 0 atom stereocenters. The zero-order valence-corrected chi connectivity index (χ0v) is 13.3. The number of hydrogen-bond acceptors (Lipinski definition) is 4. The van der Waals surface area contributed by atoms with Crippen molar-refractivity contribution in [3.05, 3.63) is 88.5 Å². The third-order valence-corrected chi connectivity index (χ3v) is 3.64. The van der Waals surface area contributed by atoms with Crippen LogP contribution in [0, 0.1) is 5.82 Å². The third kappa shape index (κ3) is 3.94. The van der Waals surface area contributed by atoms with Gasteiger partial charge < -0.3 is 5.32 Å². The largest absolute Gasteiger partial charge is 0.350 e. The molecular formula is C18H13ClFN3O. The van der Waals surface area contributed by atoms with Crippen molar-refractivity contribution in [3.8, 4) is 0 Å². The molecule has 0 unspecified atom stereocenters. The summed E-state index contributed by atoms with van der Waals surface area (Å²) < 4.78 is 12.8. The summed E-state index contributed by atoms with van der Waals surface area (Å²) in [5.74, 6) is -0.0520. The van der Waals surface area contributed by atoms with Crippen molar-refractivity contribution in [2.45, 2.75) is 6.54 Å². The number of carbonyl (C=O) groups excluding carboxylic acids is 1. The lowest BCUT2D eigenvalue weighted by Crippen LogP contribution is -2.07. The molecule has 0 spiro atoms. The van der Waals surface area contributed by atoms with E-state index >= 15 is 0 Å². The van der Waals surface area contributed by atoms with Crippen LogP contribution in [-0.2, 0) is 6.54 Å². The van der Waals surface area contributed by atoms with Gasteiger partial charge in [0.2, 0.25) is 5.95 Å². The van der Waals surface area contributed by atoms with Crippen LogP contribution in [0.5, 0.6) is 0 Å². The van der Waals surface area contributed by atoms with Gasteiger partial charge in [-0.15, -0.1) is 0 Å². The summed E-state index contributed by atoms with van der Waals surface area (Å²) in [6.07, 6.45) is 2.94. The monoisotopic (exact) mass is 341 g/mol. The van der Waals surface area contributed by atoms with Crippen molar-refractivity contribution in [2.75, 3.05) is 5.32 Å². The smallest absolute Gasteiger partial charge is 0.222 e. The number of aromatic nitrogens is 2. The van der Waals surface area contributed by atoms with Crippen molar-refractivity contribution in [1.29, 1.82) is 0 Å². The van der Waals surface area contributed by atoms with Crippen LogP contribution in [0.2, 0.25) is 5.02 Å². The molecule has 0 saturated carbocycles. The first kappa shape index (κ1) is 16.1. The average Bonchev–Trinajstić information content (AvgIpc) is 2.62. The van der Waals surface area contributed by atoms with E-state index in [-0.39, 0.29) is 11.6 Å². The summed E-state index contributed by atoms with van der Waals surface area (Å²) >= 11 is 5.81. The molecule has 0 amide bonds. The first-order valence-electron chi connectivity index (χ1n) is 7.22. The summed E-state index contributed by atoms with van der Waals surface area (Å²) in [6.45, 7) is 0.463. The molecule has 0 aliphatic rings. The van der Waals surface area contributed by atoms with E-state index in [9.17, 15) is 9.18 Å². The minimum atomic E-state index is -0.278. The van der Waals surface area contributed by atoms with Gasteiger partial charge >= 0.3 is 0 Å². The predicted molar refractivity (Wildman–Crippen MR) is 90.6 cm³/mol. The number of benzene rings is 2. The molecule has 0 aliphatic carbocycles. The third-order valence-electron chi connectivity index (χ3n) is 3.38. The zero-order chi connectivity index (χ0) is 16.9.